The molecule has 4 heteroatoms. The smallest absolute Gasteiger partial charge is 0.251 e. The van der Waals surface area contributed by atoms with E-state index in [2.05, 4.69) is 5.32 Å². The van der Waals surface area contributed by atoms with Gasteiger partial charge in [0.15, 0.2) is 6.29 Å². The van der Waals surface area contributed by atoms with Crippen molar-refractivity contribution in [1.29, 1.82) is 0 Å². The quantitative estimate of drug-likeness (QED) is 0.562. The highest BCUT2D eigenvalue weighted by Gasteiger charge is 2.04. The number of hydrogen-bond donors (Lipinski definition) is 3. The molecule has 0 saturated carbocycles. The largest absolute Gasteiger partial charge is 0.367 e. The summed E-state index contributed by atoms with van der Waals surface area (Å²) in [5.41, 5.74) is 0.503. The molecule has 0 saturated heterocycles. The highest BCUT2D eigenvalue weighted by atomic mass is 16.5. The van der Waals surface area contributed by atoms with Gasteiger partial charge in [-0.25, -0.2) is 0 Å². The normalized spacial score (nSPS) is 10.1. The minimum absolute atomic E-state index is 0.159. The first-order valence-corrected chi connectivity index (χ1v) is 3.89. The molecular weight excluding hydrogens is 170 g/mol. The van der Waals surface area contributed by atoms with Crippen molar-refractivity contribution in [1.82, 2.24) is 5.32 Å². The van der Waals surface area contributed by atoms with Crippen LogP contribution < -0.4 is 5.32 Å². The Morgan fingerprint density at radius 2 is 1.92 bits per heavy atom. The Labute approximate surface area is 75.8 Å². The van der Waals surface area contributed by atoms with Crippen LogP contribution in [0, 0.1) is 0 Å². The molecule has 70 valence electrons. The van der Waals surface area contributed by atoms with Gasteiger partial charge >= 0.3 is 0 Å². The minimum atomic E-state index is -1.51. The van der Waals surface area contributed by atoms with Crippen molar-refractivity contribution in [3.05, 3.63) is 35.9 Å². The number of hydrogen-bond acceptors (Lipinski definition) is 3. The van der Waals surface area contributed by atoms with Gasteiger partial charge in [-0.2, -0.15) is 0 Å². The van der Waals surface area contributed by atoms with E-state index in [1.807, 2.05) is 0 Å². The predicted octanol–water partition coefficient (Wildman–Crippen LogP) is -0.273. The number of carbonyl (C=O) groups excluding carboxylic acids is 1. The molecular formula is C9H11NO3. The van der Waals surface area contributed by atoms with Crippen LogP contribution in [-0.4, -0.2) is 29.0 Å². The monoisotopic (exact) mass is 181 g/mol. The summed E-state index contributed by atoms with van der Waals surface area (Å²) in [6, 6.07) is 8.59. The summed E-state index contributed by atoms with van der Waals surface area (Å²) in [5.74, 6) is -0.311. The van der Waals surface area contributed by atoms with Gasteiger partial charge in [-0.05, 0) is 12.1 Å². The Bertz CT molecular complexity index is 271. The summed E-state index contributed by atoms with van der Waals surface area (Å²) in [4.78, 5) is 11.2. The molecule has 0 aliphatic rings. The Morgan fingerprint density at radius 1 is 1.31 bits per heavy atom. The van der Waals surface area contributed by atoms with Crippen LogP contribution in [0.5, 0.6) is 0 Å². The van der Waals surface area contributed by atoms with Gasteiger partial charge in [-0.15, -0.1) is 0 Å². The Morgan fingerprint density at radius 3 is 2.46 bits per heavy atom. The molecule has 0 spiro atoms. The van der Waals surface area contributed by atoms with Crippen molar-refractivity contribution in [2.24, 2.45) is 0 Å². The van der Waals surface area contributed by atoms with Crippen molar-refractivity contribution in [2.45, 2.75) is 6.29 Å². The summed E-state index contributed by atoms with van der Waals surface area (Å²) in [5, 5.41) is 19.3. The average molecular weight is 181 g/mol. The second-order valence-corrected chi connectivity index (χ2v) is 2.56. The van der Waals surface area contributed by atoms with Crippen LogP contribution in [0.1, 0.15) is 10.4 Å². The zero-order chi connectivity index (χ0) is 9.68. The number of aliphatic hydroxyl groups is 2. The van der Waals surface area contributed by atoms with Crippen molar-refractivity contribution in [3.63, 3.8) is 0 Å². The third kappa shape index (κ3) is 3.23. The molecule has 1 aromatic rings. The van der Waals surface area contributed by atoms with Crippen molar-refractivity contribution >= 4 is 5.91 Å². The van der Waals surface area contributed by atoms with E-state index >= 15 is 0 Å². The minimum Gasteiger partial charge on any atom is -0.367 e. The van der Waals surface area contributed by atoms with Gasteiger partial charge in [-0.3, -0.25) is 4.79 Å². The fourth-order valence-corrected chi connectivity index (χ4v) is 0.876. The average Bonchev–Trinajstić information content (AvgIpc) is 2.15. The van der Waals surface area contributed by atoms with Gasteiger partial charge in [0, 0.05) is 5.56 Å². The molecule has 3 N–H and O–H groups in total. The Hall–Kier alpha value is -1.39. The lowest BCUT2D eigenvalue weighted by molar-refractivity contribution is -0.0361. The van der Waals surface area contributed by atoms with Crippen LogP contribution in [-0.2, 0) is 0 Å². The SMILES string of the molecule is O=C(NCC(O)O)c1ccccc1. The second-order valence-electron chi connectivity index (χ2n) is 2.56. The van der Waals surface area contributed by atoms with E-state index in [9.17, 15) is 4.79 Å². The summed E-state index contributed by atoms with van der Waals surface area (Å²) < 4.78 is 0. The zero-order valence-corrected chi connectivity index (χ0v) is 6.97. The molecule has 0 aliphatic heterocycles. The molecule has 1 rings (SSSR count). The molecule has 0 heterocycles. The summed E-state index contributed by atoms with van der Waals surface area (Å²) in [6.45, 7) is -0.159. The van der Waals surface area contributed by atoms with Crippen LogP contribution in [0.3, 0.4) is 0 Å². The maximum Gasteiger partial charge on any atom is 0.251 e. The Balaban J connectivity index is 2.50. The molecule has 0 fully saturated rings. The van der Waals surface area contributed by atoms with Gasteiger partial charge in [0.05, 0.1) is 6.54 Å². The standard InChI is InChI=1S/C9H11NO3/c11-8(12)6-10-9(13)7-4-2-1-3-5-7/h1-5,8,11-12H,6H2,(H,10,13). The van der Waals surface area contributed by atoms with E-state index in [1.165, 1.54) is 0 Å². The number of amides is 1. The zero-order valence-electron chi connectivity index (χ0n) is 6.97. The number of benzene rings is 1. The molecule has 0 unspecified atom stereocenters. The summed E-state index contributed by atoms with van der Waals surface area (Å²) >= 11 is 0. The lowest BCUT2D eigenvalue weighted by atomic mass is 10.2. The predicted molar refractivity (Wildman–Crippen MR) is 47.0 cm³/mol. The molecule has 4 nitrogen and oxygen atoms in total. The maximum absolute atomic E-state index is 11.2. The second kappa shape index (κ2) is 4.59. The van der Waals surface area contributed by atoms with Gasteiger partial charge in [-0.1, -0.05) is 18.2 Å². The first kappa shape index (κ1) is 9.70. The molecule has 0 bridgehead atoms. The van der Waals surface area contributed by atoms with E-state index in [4.69, 9.17) is 10.2 Å². The van der Waals surface area contributed by atoms with E-state index in [0.29, 0.717) is 5.56 Å². The maximum atomic E-state index is 11.2. The molecule has 13 heavy (non-hydrogen) atoms. The van der Waals surface area contributed by atoms with Crippen LogP contribution in [0.15, 0.2) is 30.3 Å². The molecule has 1 amide bonds. The highest BCUT2D eigenvalue weighted by molar-refractivity contribution is 5.94. The van der Waals surface area contributed by atoms with E-state index in [-0.39, 0.29) is 12.5 Å². The number of aliphatic hydroxyl groups excluding tert-OH is 1. The molecule has 1 aromatic carbocycles. The van der Waals surface area contributed by atoms with Gasteiger partial charge in [0.1, 0.15) is 0 Å². The van der Waals surface area contributed by atoms with Crippen molar-refractivity contribution < 1.29 is 15.0 Å². The number of nitrogens with one attached hydrogen (secondary N) is 1. The number of rotatable bonds is 3. The first-order chi connectivity index (χ1) is 6.20. The summed E-state index contributed by atoms with van der Waals surface area (Å²) in [7, 11) is 0. The Kier molecular flexibility index (Phi) is 3.42. The first-order valence-electron chi connectivity index (χ1n) is 3.89. The highest BCUT2D eigenvalue weighted by Crippen LogP contribution is 1.97. The molecule has 0 atom stereocenters. The van der Waals surface area contributed by atoms with Crippen molar-refractivity contribution in [3.8, 4) is 0 Å². The van der Waals surface area contributed by atoms with E-state index in [0.717, 1.165) is 0 Å². The number of carbonyl (C=O) groups is 1. The lowest BCUT2D eigenvalue weighted by Gasteiger charge is -2.05. The molecule has 0 aliphatic carbocycles. The topological polar surface area (TPSA) is 69.6 Å². The van der Waals surface area contributed by atoms with Gasteiger partial charge < -0.3 is 15.5 Å². The van der Waals surface area contributed by atoms with Gasteiger partial charge in [0.25, 0.3) is 5.91 Å². The fraction of sp³-hybridized carbons (Fsp3) is 0.222. The van der Waals surface area contributed by atoms with Crippen LogP contribution >= 0.6 is 0 Å². The molecule has 0 radical (unpaired) electrons. The van der Waals surface area contributed by atoms with Crippen LogP contribution in [0.4, 0.5) is 0 Å². The third-order valence-electron chi connectivity index (χ3n) is 1.48. The summed E-state index contributed by atoms with van der Waals surface area (Å²) in [6.07, 6.45) is -1.51. The van der Waals surface area contributed by atoms with Crippen LogP contribution in [0.25, 0.3) is 0 Å². The van der Waals surface area contributed by atoms with Gasteiger partial charge in [0.2, 0.25) is 0 Å². The van der Waals surface area contributed by atoms with Crippen molar-refractivity contribution in [2.75, 3.05) is 6.54 Å². The third-order valence-corrected chi connectivity index (χ3v) is 1.48. The fourth-order valence-electron chi connectivity index (χ4n) is 0.876. The van der Waals surface area contributed by atoms with E-state index < -0.39 is 6.29 Å². The molecule has 0 aromatic heterocycles. The lowest BCUT2D eigenvalue weighted by Crippen LogP contribution is -2.31. The van der Waals surface area contributed by atoms with Crippen LogP contribution in [0.2, 0.25) is 0 Å². The van der Waals surface area contributed by atoms with E-state index in [1.54, 1.807) is 30.3 Å².